The number of H-pyrrole nitrogens is 1. The maximum absolute atomic E-state index is 5.57. The summed E-state index contributed by atoms with van der Waals surface area (Å²) < 4.78 is 5.06. The number of methoxy groups -OCH3 is 1. The average molecular weight is 240 g/mol. The standard InChI is InChI=1S/C9H9N3OS2/c1-13-7-4-2-6(3-5-7)11-9-12-8(10)14-15-9/h2-5H,1H3,(H2,10,11,12)/p+1. The summed E-state index contributed by atoms with van der Waals surface area (Å²) in [7, 11) is 4.63. The third-order valence-electron chi connectivity index (χ3n) is 1.74. The average Bonchev–Trinajstić information content (AvgIpc) is 2.65. The highest BCUT2D eigenvalue weighted by atomic mass is 32.9. The largest absolute Gasteiger partial charge is 0.497 e. The Bertz CT molecular complexity index is 501. The van der Waals surface area contributed by atoms with E-state index in [0.717, 1.165) is 16.2 Å². The Morgan fingerprint density at radius 3 is 2.53 bits per heavy atom. The molecule has 0 saturated heterocycles. The van der Waals surface area contributed by atoms with Crippen molar-refractivity contribution in [1.29, 1.82) is 0 Å². The Kier molecular flexibility index (Phi) is 2.98. The molecule has 0 saturated carbocycles. The number of rotatable bonds is 2. The van der Waals surface area contributed by atoms with Gasteiger partial charge in [-0.15, -0.1) is 0 Å². The number of aromatic amines is 1. The van der Waals surface area contributed by atoms with Crippen LogP contribution in [-0.4, -0.2) is 7.11 Å². The van der Waals surface area contributed by atoms with Gasteiger partial charge in [0.25, 0.3) is 5.13 Å². The molecule has 0 amide bonds. The maximum Gasteiger partial charge on any atom is 0.330 e. The van der Waals surface area contributed by atoms with E-state index in [4.69, 9.17) is 10.5 Å². The van der Waals surface area contributed by atoms with E-state index in [-0.39, 0.29) is 0 Å². The quantitative estimate of drug-likeness (QED) is 0.807. The van der Waals surface area contributed by atoms with Gasteiger partial charge >= 0.3 is 4.80 Å². The first-order valence-electron chi connectivity index (χ1n) is 4.24. The monoisotopic (exact) mass is 240 g/mol. The van der Waals surface area contributed by atoms with E-state index in [2.05, 4.69) is 9.98 Å². The van der Waals surface area contributed by atoms with Crippen molar-refractivity contribution < 1.29 is 9.72 Å². The molecular formula is C9H10N3OS2+. The summed E-state index contributed by atoms with van der Waals surface area (Å²) in [4.78, 5) is 8.15. The molecule has 2 aromatic rings. The molecule has 0 aliphatic heterocycles. The third kappa shape index (κ3) is 2.54. The molecule has 1 aromatic carbocycles. The number of hydrogen-bond acceptors (Lipinski definition) is 5. The van der Waals surface area contributed by atoms with E-state index in [1.807, 2.05) is 24.3 Å². The molecule has 4 nitrogen and oxygen atoms in total. The van der Waals surface area contributed by atoms with Crippen LogP contribution in [0.5, 0.6) is 5.75 Å². The minimum atomic E-state index is 0.673. The van der Waals surface area contributed by atoms with Crippen LogP contribution in [0, 0.1) is 0 Å². The molecule has 0 radical (unpaired) electrons. The molecule has 3 N–H and O–H groups in total. The summed E-state index contributed by atoms with van der Waals surface area (Å²) in [6.07, 6.45) is 0. The van der Waals surface area contributed by atoms with Gasteiger partial charge in [0.05, 0.1) is 7.11 Å². The predicted molar refractivity (Wildman–Crippen MR) is 61.4 cm³/mol. The molecule has 0 spiro atoms. The summed E-state index contributed by atoms with van der Waals surface area (Å²) in [6, 6.07) is 7.54. The van der Waals surface area contributed by atoms with Crippen molar-refractivity contribution in [2.75, 3.05) is 12.8 Å². The van der Waals surface area contributed by atoms with Gasteiger partial charge in [0.15, 0.2) is 0 Å². The normalized spacial score (nSPS) is 11.7. The van der Waals surface area contributed by atoms with Gasteiger partial charge in [-0.25, -0.2) is 4.98 Å². The molecule has 0 aliphatic carbocycles. The lowest BCUT2D eigenvalue weighted by Crippen LogP contribution is -2.22. The molecule has 6 heteroatoms. The van der Waals surface area contributed by atoms with Gasteiger partial charge in [0.2, 0.25) is 0 Å². The van der Waals surface area contributed by atoms with Crippen molar-refractivity contribution in [3.63, 3.8) is 0 Å². The second kappa shape index (κ2) is 4.41. The van der Waals surface area contributed by atoms with E-state index in [9.17, 15) is 0 Å². The fourth-order valence-electron chi connectivity index (χ4n) is 1.05. The minimum Gasteiger partial charge on any atom is -0.497 e. The zero-order valence-corrected chi connectivity index (χ0v) is 9.69. The summed E-state index contributed by atoms with van der Waals surface area (Å²) in [6.45, 7) is 0. The summed E-state index contributed by atoms with van der Waals surface area (Å²) in [5, 5.41) is 0.673. The number of benzene rings is 1. The fraction of sp³-hybridized carbons (Fsp3) is 0.111. The van der Waals surface area contributed by atoms with Crippen molar-refractivity contribution in [3.8, 4) is 5.75 Å². The fourth-order valence-corrected chi connectivity index (χ4v) is 2.59. The molecule has 0 bridgehead atoms. The van der Waals surface area contributed by atoms with Gasteiger partial charge < -0.3 is 10.5 Å². The van der Waals surface area contributed by atoms with Gasteiger partial charge in [-0.05, 0) is 44.9 Å². The zero-order valence-electron chi connectivity index (χ0n) is 8.06. The van der Waals surface area contributed by atoms with Crippen LogP contribution in [0.15, 0.2) is 29.3 Å². The van der Waals surface area contributed by atoms with Gasteiger partial charge in [0.1, 0.15) is 11.4 Å². The maximum atomic E-state index is 5.57. The first kappa shape index (κ1) is 10.1. The molecule has 0 unspecified atom stereocenters. The van der Waals surface area contributed by atoms with Crippen molar-refractivity contribution in [3.05, 3.63) is 29.1 Å². The lowest BCUT2D eigenvalue weighted by atomic mass is 10.3. The number of aromatic nitrogens is 1. The molecule has 1 heterocycles. The van der Waals surface area contributed by atoms with E-state index < -0.39 is 0 Å². The molecule has 0 aliphatic rings. The van der Waals surface area contributed by atoms with Crippen LogP contribution < -0.4 is 20.3 Å². The number of nitrogens with one attached hydrogen (secondary N) is 1. The highest BCUT2D eigenvalue weighted by molar-refractivity contribution is 7.69. The first-order valence-corrected chi connectivity index (χ1v) is 6.39. The topological polar surface area (TPSA) is 61.8 Å². The zero-order chi connectivity index (χ0) is 10.7. The molecule has 2 rings (SSSR count). The summed E-state index contributed by atoms with van der Waals surface area (Å²) in [5.41, 5.74) is 6.45. The van der Waals surface area contributed by atoms with E-state index in [1.165, 1.54) is 20.7 Å². The molecule has 1 aromatic heterocycles. The Morgan fingerprint density at radius 2 is 2.00 bits per heavy atom. The van der Waals surface area contributed by atoms with Crippen molar-refractivity contribution in [2.45, 2.75) is 0 Å². The number of nitrogens with two attached hydrogens (primary N) is 1. The predicted octanol–water partition coefficient (Wildman–Crippen LogP) is 1.45. The summed E-state index contributed by atoms with van der Waals surface area (Å²) >= 11 is 0. The third-order valence-corrected chi connectivity index (χ3v) is 3.72. The molecule has 15 heavy (non-hydrogen) atoms. The smallest absolute Gasteiger partial charge is 0.330 e. The minimum absolute atomic E-state index is 0.673. The van der Waals surface area contributed by atoms with Gasteiger partial charge in [0, 0.05) is 0 Å². The number of hydrogen-bond donors (Lipinski definition) is 1. The van der Waals surface area contributed by atoms with Crippen LogP contribution in [0.4, 0.5) is 10.8 Å². The second-order valence-electron chi connectivity index (χ2n) is 2.77. The van der Waals surface area contributed by atoms with Crippen LogP contribution in [0.1, 0.15) is 0 Å². The van der Waals surface area contributed by atoms with Crippen LogP contribution in [-0.2, 0) is 0 Å². The number of anilines is 1. The Labute approximate surface area is 94.1 Å². The van der Waals surface area contributed by atoms with Crippen LogP contribution in [0.3, 0.4) is 0 Å². The van der Waals surface area contributed by atoms with E-state index in [0.29, 0.717) is 5.13 Å². The van der Waals surface area contributed by atoms with Gasteiger partial charge in [-0.3, -0.25) is 0 Å². The molecule has 0 fully saturated rings. The molecule has 0 atom stereocenters. The highest BCUT2D eigenvalue weighted by Gasteiger charge is 1.99. The molecule has 78 valence electrons. The lowest BCUT2D eigenvalue weighted by Gasteiger charge is -1.95. The SMILES string of the molecule is COc1ccc(N=c2[nH+]c(N)ss2)cc1. The van der Waals surface area contributed by atoms with Crippen molar-refractivity contribution >= 4 is 31.5 Å². The molecular weight excluding hydrogens is 230 g/mol. The van der Waals surface area contributed by atoms with Crippen molar-refractivity contribution in [1.82, 2.24) is 0 Å². The van der Waals surface area contributed by atoms with Crippen LogP contribution in [0.2, 0.25) is 0 Å². The Hall–Kier alpha value is -1.40. The van der Waals surface area contributed by atoms with E-state index in [1.54, 1.807) is 7.11 Å². The first-order chi connectivity index (χ1) is 7.28. The number of nitrogen functional groups attached to an aromatic ring is 1. The van der Waals surface area contributed by atoms with E-state index >= 15 is 0 Å². The summed E-state index contributed by atoms with van der Waals surface area (Å²) in [5.74, 6) is 0.825. The van der Waals surface area contributed by atoms with Crippen molar-refractivity contribution in [2.24, 2.45) is 4.99 Å². The Morgan fingerprint density at radius 1 is 1.27 bits per heavy atom. The van der Waals surface area contributed by atoms with Crippen LogP contribution in [0.25, 0.3) is 0 Å². The lowest BCUT2D eigenvalue weighted by molar-refractivity contribution is -0.371. The van der Waals surface area contributed by atoms with Crippen LogP contribution >= 0.6 is 20.7 Å². The highest BCUT2D eigenvalue weighted by Crippen LogP contribution is 2.17. The number of ether oxygens (including phenoxy) is 1. The Balaban J connectivity index is 2.31. The van der Waals surface area contributed by atoms with Gasteiger partial charge in [-0.2, -0.15) is 0 Å². The van der Waals surface area contributed by atoms with Gasteiger partial charge in [-0.1, -0.05) is 4.99 Å². The number of nitrogens with zero attached hydrogens (tertiary/aromatic N) is 1. The second-order valence-corrected chi connectivity index (χ2v) is 4.93.